The molecule has 0 N–H and O–H groups in total. The Morgan fingerprint density at radius 1 is 1.39 bits per heavy atom. The molecule has 1 atom stereocenters. The van der Waals surface area contributed by atoms with Crippen molar-refractivity contribution in [3.8, 4) is 0 Å². The third-order valence-electron chi connectivity index (χ3n) is 4.00. The number of halogens is 2. The summed E-state index contributed by atoms with van der Waals surface area (Å²) >= 11 is 5.17. The van der Waals surface area contributed by atoms with Gasteiger partial charge in [-0.15, -0.1) is 11.3 Å². The van der Waals surface area contributed by atoms with Gasteiger partial charge in [0.05, 0.1) is 10.5 Å². The standard InChI is InChI=1S/C17H18BrFN2OS/c1-20(10-15-5-6-16(18)23-15)11-21-9-13(8-17(21)22)12-3-2-4-14(19)7-12/h2-7,13H,8-11H2,1H3/t13-/m1/s1. The largest absolute Gasteiger partial charge is 0.329 e. The number of rotatable bonds is 5. The molecule has 1 amide bonds. The molecular formula is C17H18BrFN2OS. The summed E-state index contributed by atoms with van der Waals surface area (Å²) in [6.07, 6.45) is 0.460. The minimum absolute atomic E-state index is 0.0856. The summed E-state index contributed by atoms with van der Waals surface area (Å²) in [4.78, 5) is 17.5. The van der Waals surface area contributed by atoms with E-state index in [1.807, 2.05) is 24.1 Å². The van der Waals surface area contributed by atoms with Crippen LogP contribution in [-0.4, -0.2) is 36.0 Å². The SMILES string of the molecule is CN(Cc1ccc(Br)s1)CN1C[C@H](c2cccc(F)c2)CC1=O. The molecule has 3 rings (SSSR count). The van der Waals surface area contributed by atoms with Crippen LogP contribution in [0.15, 0.2) is 40.2 Å². The van der Waals surface area contributed by atoms with E-state index >= 15 is 0 Å². The molecule has 1 aromatic heterocycles. The highest BCUT2D eigenvalue weighted by Crippen LogP contribution is 2.29. The first kappa shape index (κ1) is 16.6. The van der Waals surface area contributed by atoms with E-state index in [0.29, 0.717) is 19.6 Å². The van der Waals surface area contributed by atoms with Crippen LogP contribution in [-0.2, 0) is 11.3 Å². The monoisotopic (exact) mass is 396 g/mol. The van der Waals surface area contributed by atoms with Crippen molar-refractivity contribution in [2.24, 2.45) is 0 Å². The molecule has 0 spiro atoms. The van der Waals surface area contributed by atoms with Gasteiger partial charge >= 0.3 is 0 Å². The van der Waals surface area contributed by atoms with E-state index in [0.717, 1.165) is 15.9 Å². The molecule has 0 aliphatic carbocycles. The van der Waals surface area contributed by atoms with Gasteiger partial charge in [-0.2, -0.15) is 0 Å². The summed E-state index contributed by atoms with van der Waals surface area (Å²) in [5, 5.41) is 0. The van der Waals surface area contributed by atoms with Crippen LogP contribution >= 0.6 is 27.3 Å². The van der Waals surface area contributed by atoms with Gasteiger partial charge in [0.25, 0.3) is 0 Å². The average molecular weight is 397 g/mol. The Kier molecular flexibility index (Phi) is 5.14. The molecule has 1 aliphatic rings. The van der Waals surface area contributed by atoms with E-state index in [-0.39, 0.29) is 17.6 Å². The highest BCUT2D eigenvalue weighted by molar-refractivity contribution is 9.11. The lowest BCUT2D eigenvalue weighted by molar-refractivity contribution is -0.129. The molecule has 2 aromatic rings. The smallest absolute Gasteiger partial charge is 0.224 e. The molecule has 2 heterocycles. The Bertz CT molecular complexity index is 705. The normalized spacial score (nSPS) is 18.2. The van der Waals surface area contributed by atoms with Crippen molar-refractivity contribution in [1.82, 2.24) is 9.80 Å². The number of hydrogen-bond acceptors (Lipinski definition) is 3. The fourth-order valence-electron chi connectivity index (χ4n) is 2.94. The van der Waals surface area contributed by atoms with E-state index in [1.54, 1.807) is 17.4 Å². The quantitative estimate of drug-likeness (QED) is 0.760. The van der Waals surface area contributed by atoms with Gasteiger partial charge < -0.3 is 4.90 Å². The van der Waals surface area contributed by atoms with Gasteiger partial charge in [0.2, 0.25) is 5.91 Å². The first-order valence-electron chi connectivity index (χ1n) is 7.47. The number of benzene rings is 1. The first-order valence-corrected chi connectivity index (χ1v) is 9.08. The lowest BCUT2D eigenvalue weighted by Crippen LogP contribution is -2.36. The van der Waals surface area contributed by atoms with E-state index < -0.39 is 0 Å². The van der Waals surface area contributed by atoms with E-state index in [1.165, 1.54) is 17.0 Å². The molecule has 1 saturated heterocycles. The minimum atomic E-state index is -0.242. The summed E-state index contributed by atoms with van der Waals surface area (Å²) in [5.41, 5.74) is 0.908. The molecule has 1 fully saturated rings. The summed E-state index contributed by atoms with van der Waals surface area (Å²) in [6, 6.07) is 10.7. The molecule has 23 heavy (non-hydrogen) atoms. The van der Waals surface area contributed by atoms with Crippen molar-refractivity contribution in [2.75, 3.05) is 20.3 Å². The second-order valence-electron chi connectivity index (χ2n) is 5.93. The maximum Gasteiger partial charge on any atom is 0.224 e. The Hall–Kier alpha value is -1.24. The second-order valence-corrected chi connectivity index (χ2v) is 8.48. The molecule has 3 nitrogen and oxygen atoms in total. The fraction of sp³-hybridized carbons (Fsp3) is 0.353. The highest BCUT2D eigenvalue weighted by Gasteiger charge is 2.31. The van der Waals surface area contributed by atoms with Crippen molar-refractivity contribution >= 4 is 33.2 Å². The fourth-order valence-corrected chi connectivity index (χ4v) is 4.50. The van der Waals surface area contributed by atoms with Crippen molar-refractivity contribution in [3.63, 3.8) is 0 Å². The Morgan fingerprint density at radius 2 is 2.22 bits per heavy atom. The molecule has 0 saturated carbocycles. The van der Waals surface area contributed by atoms with Crippen molar-refractivity contribution in [3.05, 3.63) is 56.4 Å². The van der Waals surface area contributed by atoms with Crippen molar-refractivity contribution in [1.29, 1.82) is 0 Å². The predicted molar refractivity (Wildman–Crippen MR) is 93.8 cm³/mol. The maximum atomic E-state index is 13.4. The van der Waals surface area contributed by atoms with Crippen molar-refractivity contribution in [2.45, 2.75) is 18.9 Å². The lowest BCUT2D eigenvalue weighted by Gasteiger charge is -2.24. The Labute approximate surface area is 147 Å². The van der Waals surface area contributed by atoms with Crippen LogP contribution in [0.2, 0.25) is 0 Å². The predicted octanol–water partition coefficient (Wildman–Crippen LogP) is 4.06. The van der Waals surface area contributed by atoms with Crippen LogP contribution < -0.4 is 0 Å². The van der Waals surface area contributed by atoms with Crippen LogP contribution in [0.4, 0.5) is 4.39 Å². The summed E-state index contributed by atoms with van der Waals surface area (Å²) in [7, 11) is 2.01. The molecular weight excluding hydrogens is 379 g/mol. The summed E-state index contributed by atoms with van der Waals surface area (Å²) < 4.78 is 14.5. The van der Waals surface area contributed by atoms with Crippen molar-refractivity contribution < 1.29 is 9.18 Å². The van der Waals surface area contributed by atoms with E-state index in [2.05, 4.69) is 26.9 Å². The minimum Gasteiger partial charge on any atom is -0.329 e. The van der Waals surface area contributed by atoms with Crippen LogP contribution in [0.25, 0.3) is 0 Å². The van der Waals surface area contributed by atoms with Gasteiger partial charge in [-0.1, -0.05) is 12.1 Å². The summed E-state index contributed by atoms with van der Waals surface area (Å²) in [5.74, 6) is -0.0188. The van der Waals surface area contributed by atoms with E-state index in [4.69, 9.17) is 0 Å². The number of hydrogen-bond donors (Lipinski definition) is 0. The van der Waals surface area contributed by atoms with Crippen LogP contribution in [0.5, 0.6) is 0 Å². The topological polar surface area (TPSA) is 23.6 Å². The number of thiophene rings is 1. The zero-order valence-electron chi connectivity index (χ0n) is 12.8. The molecule has 6 heteroatoms. The second kappa shape index (κ2) is 7.11. The molecule has 1 aliphatic heterocycles. The van der Waals surface area contributed by atoms with Gasteiger partial charge in [-0.3, -0.25) is 9.69 Å². The van der Waals surface area contributed by atoms with Gasteiger partial charge in [0.15, 0.2) is 0 Å². The van der Waals surface area contributed by atoms with Crippen LogP contribution in [0.1, 0.15) is 22.8 Å². The lowest BCUT2D eigenvalue weighted by atomic mass is 9.98. The number of amides is 1. The van der Waals surface area contributed by atoms with Gasteiger partial charge in [-0.25, -0.2) is 4.39 Å². The average Bonchev–Trinajstić information content (AvgIpc) is 3.06. The maximum absolute atomic E-state index is 13.4. The van der Waals surface area contributed by atoms with E-state index in [9.17, 15) is 9.18 Å². The van der Waals surface area contributed by atoms with Crippen LogP contribution in [0.3, 0.4) is 0 Å². The number of carbonyl (C=O) groups excluding carboxylic acids is 1. The van der Waals surface area contributed by atoms with Crippen LogP contribution in [0, 0.1) is 5.82 Å². The molecule has 0 radical (unpaired) electrons. The third kappa shape index (κ3) is 4.19. The van der Waals surface area contributed by atoms with Gasteiger partial charge in [0.1, 0.15) is 5.82 Å². The Morgan fingerprint density at radius 3 is 2.91 bits per heavy atom. The molecule has 1 aromatic carbocycles. The molecule has 0 bridgehead atoms. The molecule has 122 valence electrons. The first-order chi connectivity index (χ1) is 11.0. The number of nitrogens with zero attached hydrogens (tertiary/aromatic N) is 2. The Balaban J connectivity index is 1.59. The third-order valence-corrected chi connectivity index (χ3v) is 5.61. The zero-order chi connectivity index (χ0) is 16.4. The van der Waals surface area contributed by atoms with Gasteiger partial charge in [-0.05, 0) is 52.8 Å². The summed E-state index contributed by atoms with van der Waals surface area (Å²) in [6.45, 7) is 2.06. The van der Waals surface area contributed by atoms with Gasteiger partial charge in [0, 0.05) is 30.3 Å². The number of likely N-dealkylation sites (tertiary alicyclic amines) is 1. The zero-order valence-corrected chi connectivity index (χ0v) is 15.2. The number of carbonyl (C=O) groups is 1. The molecule has 0 unspecified atom stereocenters. The highest BCUT2D eigenvalue weighted by atomic mass is 79.9.